The second-order valence-corrected chi connectivity index (χ2v) is 7.65. The molecule has 126 valence electrons. The van der Waals surface area contributed by atoms with Crippen LogP contribution >= 0.6 is 0 Å². The van der Waals surface area contributed by atoms with Crippen LogP contribution in [0.2, 0.25) is 0 Å². The van der Waals surface area contributed by atoms with Gasteiger partial charge in [-0.2, -0.15) is 5.26 Å². The Hall–Kier alpha value is -2.36. The summed E-state index contributed by atoms with van der Waals surface area (Å²) in [6.07, 6.45) is -1.15. The third-order valence-corrected chi connectivity index (χ3v) is 5.45. The first kappa shape index (κ1) is 18.0. The minimum Gasteiger partial charge on any atom is -0.491 e. The van der Waals surface area contributed by atoms with Gasteiger partial charge in [-0.3, -0.25) is 0 Å². The number of hydrogen-bond acceptors (Lipinski definition) is 5. The average molecular weight is 345 g/mol. The van der Waals surface area contributed by atoms with Crippen LogP contribution in [-0.4, -0.2) is 32.0 Å². The molecule has 0 bridgehead atoms. The Morgan fingerprint density at radius 3 is 2.42 bits per heavy atom. The number of aliphatic hydroxyl groups excluding tert-OH is 1. The molecule has 0 saturated heterocycles. The van der Waals surface area contributed by atoms with Crippen LogP contribution in [0.25, 0.3) is 0 Å². The molecule has 0 aliphatic rings. The van der Waals surface area contributed by atoms with E-state index in [-0.39, 0.29) is 11.5 Å². The standard InChI is InChI=1S/C18H19NO4S/c1-13-3-8-18(14(2)9-13)24(21,22)12-16(20)11-23-17-6-4-15(10-19)5-7-17/h3-9,16,20H,11-12H2,1-2H3/t16-/m0/s1. The van der Waals surface area contributed by atoms with Crippen molar-refractivity contribution in [3.8, 4) is 11.8 Å². The molecule has 2 aromatic rings. The van der Waals surface area contributed by atoms with Crippen molar-refractivity contribution in [3.63, 3.8) is 0 Å². The van der Waals surface area contributed by atoms with Gasteiger partial charge in [0.15, 0.2) is 9.84 Å². The quantitative estimate of drug-likeness (QED) is 0.868. The number of nitriles is 1. The molecule has 0 aliphatic carbocycles. The molecule has 0 radical (unpaired) electrons. The van der Waals surface area contributed by atoms with Gasteiger partial charge in [0, 0.05) is 0 Å². The molecule has 0 aromatic heterocycles. The van der Waals surface area contributed by atoms with Gasteiger partial charge in [0.1, 0.15) is 18.5 Å². The zero-order chi connectivity index (χ0) is 17.7. The SMILES string of the molecule is Cc1ccc(S(=O)(=O)C[C@@H](O)COc2ccc(C#N)cc2)c(C)c1. The molecule has 0 heterocycles. The lowest BCUT2D eigenvalue weighted by Gasteiger charge is -2.14. The smallest absolute Gasteiger partial charge is 0.181 e. The van der Waals surface area contributed by atoms with Crippen LogP contribution in [0.15, 0.2) is 47.4 Å². The fraction of sp³-hybridized carbons (Fsp3) is 0.278. The number of benzene rings is 2. The predicted molar refractivity (Wildman–Crippen MR) is 90.6 cm³/mol. The van der Waals surface area contributed by atoms with Gasteiger partial charge in [-0.1, -0.05) is 17.7 Å². The first-order valence-corrected chi connectivity index (χ1v) is 9.08. The fourth-order valence-electron chi connectivity index (χ4n) is 2.36. The Morgan fingerprint density at radius 1 is 1.17 bits per heavy atom. The van der Waals surface area contributed by atoms with E-state index < -0.39 is 21.7 Å². The van der Waals surface area contributed by atoms with Crippen LogP contribution in [0.3, 0.4) is 0 Å². The molecule has 1 atom stereocenters. The van der Waals surface area contributed by atoms with Crippen molar-refractivity contribution < 1.29 is 18.3 Å². The summed E-state index contributed by atoms with van der Waals surface area (Å²) in [6, 6.07) is 13.5. The van der Waals surface area contributed by atoms with E-state index in [1.165, 1.54) is 0 Å². The van der Waals surface area contributed by atoms with E-state index in [1.807, 2.05) is 13.0 Å². The van der Waals surface area contributed by atoms with Gasteiger partial charge in [0.2, 0.25) is 0 Å². The summed E-state index contributed by atoms with van der Waals surface area (Å²) < 4.78 is 30.2. The van der Waals surface area contributed by atoms with E-state index in [2.05, 4.69) is 0 Å². The van der Waals surface area contributed by atoms with Crippen LogP contribution < -0.4 is 4.74 Å². The topological polar surface area (TPSA) is 87.4 Å². The molecule has 0 spiro atoms. The summed E-state index contributed by atoms with van der Waals surface area (Å²) in [7, 11) is -3.60. The van der Waals surface area contributed by atoms with Gasteiger partial charge < -0.3 is 9.84 Å². The van der Waals surface area contributed by atoms with Gasteiger partial charge in [-0.25, -0.2) is 8.42 Å². The Bertz CT molecular complexity index is 852. The lowest BCUT2D eigenvalue weighted by molar-refractivity contribution is 0.125. The molecular weight excluding hydrogens is 326 g/mol. The molecule has 0 amide bonds. The number of aliphatic hydroxyl groups is 1. The fourth-order valence-corrected chi connectivity index (χ4v) is 3.96. The number of rotatable bonds is 6. The number of hydrogen-bond donors (Lipinski definition) is 1. The van der Waals surface area contributed by atoms with Gasteiger partial charge in [-0.05, 0) is 49.7 Å². The van der Waals surface area contributed by atoms with Gasteiger partial charge >= 0.3 is 0 Å². The summed E-state index contributed by atoms with van der Waals surface area (Å²) in [5.41, 5.74) is 2.15. The number of sulfone groups is 1. The van der Waals surface area contributed by atoms with Crippen molar-refractivity contribution in [3.05, 3.63) is 59.2 Å². The monoisotopic (exact) mass is 345 g/mol. The number of aryl methyl sites for hydroxylation is 2. The second-order valence-electron chi connectivity index (χ2n) is 5.65. The number of ether oxygens (including phenoxy) is 1. The highest BCUT2D eigenvalue weighted by molar-refractivity contribution is 7.91. The third-order valence-electron chi connectivity index (χ3n) is 3.50. The minimum atomic E-state index is -3.60. The largest absolute Gasteiger partial charge is 0.491 e. The van der Waals surface area contributed by atoms with E-state index in [0.717, 1.165) is 5.56 Å². The molecule has 1 N–H and O–H groups in total. The van der Waals surface area contributed by atoms with E-state index in [0.29, 0.717) is 16.9 Å². The maximum atomic E-state index is 12.4. The van der Waals surface area contributed by atoms with E-state index in [9.17, 15) is 13.5 Å². The van der Waals surface area contributed by atoms with E-state index in [1.54, 1.807) is 49.4 Å². The van der Waals surface area contributed by atoms with Crippen LogP contribution in [0.5, 0.6) is 5.75 Å². The average Bonchev–Trinajstić information content (AvgIpc) is 2.52. The molecule has 0 saturated carbocycles. The lowest BCUT2D eigenvalue weighted by Crippen LogP contribution is -2.27. The lowest BCUT2D eigenvalue weighted by atomic mass is 10.2. The van der Waals surface area contributed by atoms with Gasteiger partial charge in [0.25, 0.3) is 0 Å². The Kier molecular flexibility index (Phi) is 5.60. The highest BCUT2D eigenvalue weighted by Gasteiger charge is 2.22. The van der Waals surface area contributed by atoms with Crippen molar-refractivity contribution in [1.29, 1.82) is 5.26 Å². The predicted octanol–water partition coefficient (Wildman–Crippen LogP) is 2.39. The highest BCUT2D eigenvalue weighted by Crippen LogP contribution is 2.19. The van der Waals surface area contributed by atoms with Crippen molar-refractivity contribution in [1.82, 2.24) is 0 Å². The molecule has 0 aliphatic heterocycles. The van der Waals surface area contributed by atoms with Crippen molar-refractivity contribution in [2.24, 2.45) is 0 Å². The molecule has 24 heavy (non-hydrogen) atoms. The molecule has 0 unspecified atom stereocenters. The zero-order valence-corrected chi connectivity index (χ0v) is 14.4. The minimum absolute atomic E-state index is 0.143. The molecular formula is C18H19NO4S. The molecule has 2 rings (SSSR count). The summed E-state index contributed by atoms with van der Waals surface area (Å²) in [4.78, 5) is 0.227. The van der Waals surface area contributed by atoms with Gasteiger partial charge in [-0.15, -0.1) is 0 Å². The Morgan fingerprint density at radius 2 is 1.83 bits per heavy atom. The van der Waals surface area contributed by atoms with Crippen LogP contribution in [0.1, 0.15) is 16.7 Å². The maximum absolute atomic E-state index is 12.4. The summed E-state index contributed by atoms with van der Waals surface area (Å²) in [5, 5.41) is 18.7. The molecule has 6 heteroatoms. The van der Waals surface area contributed by atoms with Crippen LogP contribution in [-0.2, 0) is 9.84 Å². The normalized spacial score (nSPS) is 12.4. The van der Waals surface area contributed by atoms with Gasteiger partial charge in [0.05, 0.1) is 22.3 Å². The third kappa shape index (κ3) is 4.57. The summed E-state index contributed by atoms with van der Waals surface area (Å²) >= 11 is 0. The van der Waals surface area contributed by atoms with Crippen molar-refractivity contribution in [2.45, 2.75) is 24.8 Å². The highest BCUT2D eigenvalue weighted by atomic mass is 32.2. The number of nitrogens with zero attached hydrogens (tertiary/aromatic N) is 1. The molecule has 0 fully saturated rings. The van der Waals surface area contributed by atoms with Crippen LogP contribution in [0.4, 0.5) is 0 Å². The Labute approximate surface area is 142 Å². The molecule has 2 aromatic carbocycles. The summed E-state index contributed by atoms with van der Waals surface area (Å²) in [5.74, 6) is 0.0599. The van der Waals surface area contributed by atoms with Crippen LogP contribution in [0, 0.1) is 25.2 Å². The maximum Gasteiger partial charge on any atom is 0.181 e. The van der Waals surface area contributed by atoms with E-state index >= 15 is 0 Å². The van der Waals surface area contributed by atoms with E-state index in [4.69, 9.17) is 10.00 Å². The first-order chi connectivity index (χ1) is 11.3. The zero-order valence-electron chi connectivity index (χ0n) is 13.6. The second kappa shape index (κ2) is 7.47. The molecule has 5 nitrogen and oxygen atoms in total. The van der Waals surface area contributed by atoms with Crippen molar-refractivity contribution >= 4 is 9.84 Å². The summed E-state index contributed by atoms with van der Waals surface area (Å²) in [6.45, 7) is 3.49. The first-order valence-electron chi connectivity index (χ1n) is 7.43. The Balaban J connectivity index is 2.00. The van der Waals surface area contributed by atoms with Crippen molar-refractivity contribution in [2.75, 3.05) is 12.4 Å².